The zero-order chi connectivity index (χ0) is 15.6. The first-order valence-corrected chi connectivity index (χ1v) is 8.80. The van der Waals surface area contributed by atoms with E-state index in [-0.39, 0.29) is 4.90 Å². The molecule has 21 heavy (non-hydrogen) atoms. The number of nitrogens with zero attached hydrogens (tertiary/aromatic N) is 2. The van der Waals surface area contributed by atoms with Gasteiger partial charge in [-0.15, -0.1) is 0 Å². The van der Waals surface area contributed by atoms with Gasteiger partial charge in [-0.25, -0.2) is 8.42 Å². The normalized spacial score (nSPS) is 19.6. The molecule has 5 nitrogen and oxygen atoms in total. The minimum atomic E-state index is -3.51. The average Bonchev–Trinajstić information content (AvgIpc) is 2.41. The molecule has 1 heterocycles. The van der Waals surface area contributed by atoms with Crippen molar-refractivity contribution >= 4 is 21.6 Å². The first-order chi connectivity index (χ1) is 9.82. The topological polar surface area (TPSA) is 60.9 Å². The Morgan fingerprint density at radius 3 is 2.48 bits per heavy atom. The van der Waals surface area contributed by atoms with Crippen LogP contribution < -0.4 is 0 Å². The van der Waals surface area contributed by atoms with Crippen LogP contribution in [0, 0.1) is 6.92 Å². The van der Waals surface area contributed by atoms with E-state index in [9.17, 15) is 13.5 Å². The predicted molar refractivity (Wildman–Crippen MR) is 83.1 cm³/mol. The summed E-state index contributed by atoms with van der Waals surface area (Å²) >= 11 is 6.02. The highest BCUT2D eigenvalue weighted by atomic mass is 35.5. The first kappa shape index (κ1) is 16.7. The molecule has 118 valence electrons. The maximum Gasteiger partial charge on any atom is 0.243 e. The first-order valence-electron chi connectivity index (χ1n) is 6.98. The van der Waals surface area contributed by atoms with Crippen LogP contribution in [0.25, 0.3) is 0 Å². The zero-order valence-electron chi connectivity index (χ0n) is 12.3. The number of β-amino-alcohol motifs (C(OH)–C–C–N with tert-alkyl or cyclic N) is 1. The zero-order valence-corrected chi connectivity index (χ0v) is 13.9. The molecule has 0 bridgehead atoms. The molecule has 2 rings (SSSR count). The summed E-state index contributed by atoms with van der Waals surface area (Å²) in [5.41, 5.74) is 0.588. The second-order valence-electron chi connectivity index (χ2n) is 5.42. The molecule has 0 radical (unpaired) electrons. The van der Waals surface area contributed by atoms with Gasteiger partial charge in [-0.05, 0) is 31.5 Å². The van der Waals surface area contributed by atoms with Crippen LogP contribution in [0.1, 0.15) is 12.5 Å². The maximum atomic E-state index is 12.7. The monoisotopic (exact) mass is 332 g/mol. The van der Waals surface area contributed by atoms with Gasteiger partial charge in [0.25, 0.3) is 0 Å². The number of hydrogen-bond donors (Lipinski definition) is 1. The molecule has 1 fully saturated rings. The second-order valence-corrected chi connectivity index (χ2v) is 7.73. The fourth-order valence-corrected chi connectivity index (χ4v) is 4.43. The summed E-state index contributed by atoms with van der Waals surface area (Å²) in [6, 6.07) is 4.95. The van der Waals surface area contributed by atoms with Crippen molar-refractivity contribution in [3.63, 3.8) is 0 Å². The smallest absolute Gasteiger partial charge is 0.243 e. The molecule has 1 aromatic carbocycles. The van der Waals surface area contributed by atoms with Crippen molar-refractivity contribution in [2.75, 3.05) is 32.7 Å². The quantitative estimate of drug-likeness (QED) is 0.903. The SMILES string of the molecule is Cc1c(Cl)cccc1S(=O)(=O)N1CCN(CC(C)O)CC1. The van der Waals surface area contributed by atoms with Gasteiger partial charge in [-0.3, -0.25) is 4.90 Å². The van der Waals surface area contributed by atoms with Crippen LogP contribution >= 0.6 is 11.6 Å². The van der Waals surface area contributed by atoms with Crippen molar-refractivity contribution in [2.24, 2.45) is 0 Å². The summed E-state index contributed by atoms with van der Waals surface area (Å²) in [6.45, 7) is 6.15. The highest BCUT2D eigenvalue weighted by Crippen LogP contribution is 2.26. The van der Waals surface area contributed by atoms with Crippen LogP contribution in [-0.2, 0) is 10.0 Å². The number of piperazine rings is 1. The van der Waals surface area contributed by atoms with Gasteiger partial charge >= 0.3 is 0 Å². The summed E-state index contributed by atoms with van der Waals surface area (Å²) in [7, 11) is -3.51. The predicted octanol–water partition coefficient (Wildman–Crippen LogP) is 1.34. The van der Waals surface area contributed by atoms with E-state index in [1.54, 1.807) is 32.0 Å². The molecular weight excluding hydrogens is 312 g/mol. The molecule has 1 unspecified atom stereocenters. The van der Waals surface area contributed by atoms with Crippen LogP contribution in [0.2, 0.25) is 5.02 Å². The summed E-state index contributed by atoms with van der Waals surface area (Å²) in [4.78, 5) is 2.35. The third-order valence-corrected chi connectivity index (χ3v) is 6.14. The molecule has 0 amide bonds. The minimum absolute atomic E-state index is 0.277. The lowest BCUT2D eigenvalue weighted by molar-refractivity contribution is 0.103. The Morgan fingerprint density at radius 1 is 1.29 bits per heavy atom. The molecule has 1 aromatic rings. The number of halogens is 1. The van der Waals surface area contributed by atoms with Crippen molar-refractivity contribution in [3.05, 3.63) is 28.8 Å². The van der Waals surface area contributed by atoms with Crippen molar-refractivity contribution in [1.82, 2.24) is 9.21 Å². The number of sulfonamides is 1. The van der Waals surface area contributed by atoms with Crippen molar-refractivity contribution in [3.8, 4) is 0 Å². The molecule has 0 saturated carbocycles. The Bertz CT molecular complexity index is 596. The van der Waals surface area contributed by atoms with E-state index in [2.05, 4.69) is 4.90 Å². The highest BCUT2D eigenvalue weighted by molar-refractivity contribution is 7.89. The second kappa shape index (κ2) is 6.62. The van der Waals surface area contributed by atoms with Gasteiger partial charge in [0.2, 0.25) is 10.0 Å². The summed E-state index contributed by atoms with van der Waals surface area (Å²) < 4.78 is 26.9. The lowest BCUT2D eigenvalue weighted by Gasteiger charge is -2.34. The van der Waals surface area contributed by atoms with Gasteiger partial charge in [0, 0.05) is 37.7 Å². The van der Waals surface area contributed by atoms with Gasteiger partial charge in [0.1, 0.15) is 0 Å². The number of rotatable bonds is 4. The van der Waals surface area contributed by atoms with Gasteiger partial charge in [0.15, 0.2) is 0 Å². The van der Waals surface area contributed by atoms with Crippen LogP contribution in [0.15, 0.2) is 23.1 Å². The number of hydrogen-bond acceptors (Lipinski definition) is 4. The number of aliphatic hydroxyl groups excluding tert-OH is 1. The molecule has 0 spiro atoms. The number of aliphatic hydroxyl groups is 1. The fourth-order valence-electron chi connectivity index (χ4n) is 2.53. The van der Waals surface area contributed by atoms with E-state index in [1.165, 1.54) is 4.31 Å². The molecular formula is C14H21ClN2O3S. The lowest BCUT2D eigenvalue weighted by Crippen LogP contribution is -2.50. The minimum Gasteiger partial charge on any atom is -0.392 e. The Morgan fingerprint density at radius 2 is 1.90 bits per heavy atom. The molecule has 7 heteroatoms. The van der Waals surface area contributed by atoms with Crippen LogP contribution in [-0.4, -0.2) is 61.6 Å². The maximum absolute atomic E-state index is 12.7. The van der Waals surface area contributed by atoms with Crippen molar-refractivity contribution in [2.45, 2.75) is 24.8 Å². The van der Waals surface area contributed by atoms with Crippen LogP contribution in [0.3, 0.4) is 0 Å². The van der Waals surface area contributed by atoms with Gasteiger partial charge in [-0.2, -0.15) is 4.31 Å². The summed E-state index contributed by atoms with van der Waals surface area (Å²) in [5, 5.41) is 9.85. The fraction of sp³-hybridized carbons (Fsp3) is 0.571. The molecule has 0 aromatic heterocycles. The molecule has 1 aliphatic heterocycles. The lowest BCUT2D eigenvalue weighted by atomic mass is 10.2. The van der Waals surface area contributed by atoms with E-state index < -0.39 is 16.1 Å². The number of benzene rings is 1. The summed E-state index contributed by atoms with van der Waals surface area (Å²) in [5.74, 6) is 0. The molecule has 1 saturated heterocycles. The van der Waals surface area contributed by atoms with E-state index in [0.717, 1.165) is 0 Å². The van der Waals surface area contributed by atoms with E-state index in [0.29, 0.717) is 43.3 Å². The van der Waals surface area contributed by atoms with Crippen LogP contribution in [0.4, 0.5) is 0 Å². The van der Waals surface area contributed by atoms with Gasteiger partial charge in [-0.1, -0.05) is 17.7 Å². The van der Waals surface area contributed by atoms with E-state index in [4.69, 9.17) is 11.6 Å². The molecule has 1 N–H and O–H groups in total. The average molecular weight is 333 g/mol. The largest absolute Gasteiger partial charge is 0.392 e. The van der Waals surface area contributed by atoms with Gasteiger partial charge < -0.3 is 5.11 Å². The van der Waals surface area contributed by atoms with Crippen molar-refractivity contribution < 1.29 is 13.5 Å². The van der Waals surface area contributed by atoms with Gasteiger partial charge in [0.05, 0.1) is 11.0 Å². The molecule has 1 aliphatic rings. The molecule has 0 aliphatic carbocycles. The summed E-state index contributed by atoms with van der Waals surface area (Å²) in [6.07, 6.45) is -0.400. The Balaban J connectivity index is 2.13. The van der Waals surface area contributed by atoms with E-state index in [1.807, 2.05) is 0 Å². The van der Waals surface area contributed by atoms with E-state index >= 15 is 0 Å². The Kier molecular flexibility index (Phi) is 5.27. The third kappa shape index (κ3) is 3.76. The Hall–Kier alpha value is -0.660. The van der Waals surface area contributed by atoms with Crippen molar-refractivity contribution in [1.29, 1.82) is 0 Å². The van der Waals surface area contributed by atoms with Crippen LogP contribution in [0.5, 0.6) is 0 Å². The Labute approximate surface area is 131 Å². The standard InChI is InChI=1S/C14H21ClN2O3S/c1-11(18)10-16-6-8-17(9-7-16)21(19,20)14-5-3-4-13(15)12(14)2/h3-5,11,18H,6-10H2,1-2H3. The third-order valence-electron chi connectivity index (χ3n) is 3.69. The highest BCUT2D eigenvalue weighted by Gasteiger charge is 2.30. The molecule has 1 atom stereocenters.